The van der Waals surface area contributed by atoms with Crippen molar-refractivity contribution in [3.8, 4) is 5.88 Å². The number of nitrogens with one attached hydrogen (secondary N) is 2. The van der Waals surface area contributed by atoms with Crippen LogP contribution >= 0.6 is 0 Å². The molecule has 2 unspecified atom stereocenters. The molecule has 10 nitrogen and oxygen atoms in total. The summed E-state index contributed by atoms with van der Waals surface area (Å²) in [5.41, 5.74) is 2.57. The van der Waals surface area contributed by atoms with Crippen LogP contribution in [0.25, 0.3) is 0 Å². The largest absolute Gasteiger partial charge is 0.477 e. The highest BCUT2D eigenvalue weighted by atomic mass is 32.2. The Morgan fingerprint density at radius 2 is 2.19 bits per heavy atom. The molecule has 0 amide bonds. The number of fused-ring (bicyclic) bond motifs is 2. The van der Waals surface area contributed by atoms with Gasteiger partial charge in [0, 0.05) is 20.0 Å². The zero-order chi connectivity index (χ0) is 19.3. The van der Waals surface area contributed by atoms with Crippen LogP contribution in [0.1, 0.15) is 50.6 Å². The SMILES string of the molecule is CC(C)c1c2c(nn1C)C(C)OC(NS(=O)(=O)c1cnn3c1OCCC3)N2. The van der Waals surface area contributed by atoms with Crippen LogP contribution in [0.15, 0.2) is 11.1 Å². The molecule has 0 fully saturated rings. The molecule has 2 aliphatic heterocycles. The van der Waals surface area contributed by atoms with E-state index in [0.29, 0.717) is 13.2 Å². The van der Waals surface area contributed by atoms with Crippen molar-refractivity contribution < 1.29 is 17.9 Å². The molecule has 2 atom stereocenters. The fourth-order valence-corrected chi connectivity index (χ4v) is 4.68. The van der Waals surface area contributed by atoms with E-state index in [0.717, 1.165) is 23.5 Å². The van der Waals surface area contributed by atoms with E-state index in [9.17, 15) is 8.42 Å². The smallest absolute Gasteiger partial charge is 0.251 e. The zero-order valence-electron chi connectivity index (χ0n) is 15.8. The lowest BCUT2D eigenvalue weighted by Crippen LogP contribution is -2.45. The summed E-state index contributed by atoms with van der Waals surface area (Å²) < 4.78 is 43.0. The molecule has 0 radical (unpaired) electrons. The van der Waals surface area contributed by atoms with Gasteiger partial charge in [0.25, 0.3) is 10.0 Å². The lowest BCUT2D eigenvalue weighted by molar-refractivity contribution is -0.00349. The molecule has 2 aromatic heterocycles. The van der Waals surface area contributed by atoms with E-state index in [2.05, 4.69) is 34.1 Å². The Labute approximate surface area is 157 Å². The minimum absolute atomic E-state index is 0.0151. The van der Waals surface area contributed by atoms with Gasteiger partial charge in [-0.25, -0.2) is 13.1 Å². The van der Waals surface area contributed by atoms with Crippen LogP contribution < -0.4 is 14.8 Å². The first kappa shape index (κ1) is 18.3. The number of aromatic nitrogens is 4. The first-order valence-electron chi connectivity index (χ1n) is 8.97. The first-order valence-corrected chi connectivity index (χ1v) is 10.5. The molecule has 0 bridgehead atoms. The van der Waals surface area contributed by atoms with E-state index < -0.39 is 16.4 Å². The van der Waals surface area contributed by atoms with E-state index in [1.54, 1.807) is 9.36 Å². The van der Waals surface area contributed by atoms with Crippen LogP contribution in [0.2, 0.25) is 0 Å². The minimum Gasteiger partial charge on any atom is -0.477 e. The van der Waals surface area contributed by atoms with Crippen LogP contribution in [0.5, 0.6) is 5.88 Å². The van der Waals surface area contributed by atoms with Crippen molar-refractivity contribution in [2.45, 2.75) is 57.0 Å². The Kier molecular flexibility index (Phi) is 4.40. The van der Waals surface area contributed by atoms with Crippen LogP contribution in [-0.4, -0.2) is 40.9 Å². The molecule has 4 heterocycles. The van der Waals surface area contributed by atoms with Crippen molar-refractivity contribution >= 4 is 15.7 Å². The van der Waals surface area contributed by atoms with Gasteiger partial charge < -0.3 is 14.8 Å². The maximum Gasteiger partial charge on any atom is 0.251 e. The van der Waals surface area contributed by atoms with Gasteiger partial charge in [-0.1, -0.05) is 13.8 Å². The number of hydrogen-bond acceptors (Lipinski definition) is 7. The molecule has 0 spiro atoms. The van der Waals surface area contributed by atoms with Gasteiger partial charge in [-0.05, 0) is 12.8 Å². The highest BCUT2D eigenvalue weighted by Gasteiger charge is 2.35. The van der Waals surface area contributed by atoms with Gasteiger partial charge in [-0.3, -0.25) is 4.68 Å². The molecule has 0 saturated carbocycles. The molecular formula is C16H24N6O4S. The Bertz CT molecular complexity index is 964. The minimum atomic E-state index is -3.88. The predicted molar refractivity (Wildman–Crippen MR) is 96.9 cm³/mol. The van der Waals surface area contributed by atoms with Gasteiger partial charge in [0.05, 0.1) is 24.2 Å². The molecular weight excluding hydrogens is 372 g/mol. The van der Waals surface area contributed by atoms with Crippen molar-refractivity contribution in [2.75, 3.05) is 11.9 Å². The van der Waals surface area contributed by atoms with Gasteiger partial charge >= 0.3 is 0 Å². The third kappa shape index (κ3) is 3.09. The summed E-state index contributed by atoms with van der Waals surface area (Å²) >= 11 is 0. The fraction of sp³-hybridized carbons (Fsp3) is 0.625. The highest BCUT2D eigenvalue weighted by molar-refractivity contribution is 7.89. The zero-order valence-corrected chi connectivity index (χ0v) is 16.6. The Balaban J connectivity index is 1.61. The predicted octanol–water partition coefficient (Wildman–Crippen LogP) is 1.29. The van der Waals surface area contributed by atoms with E-state index in [1.165, 1.54) is 6.20 Å². The number of ether oxygens (including phenoxy) is 2. The van der Waals surface area contributed by atoms with Crippen molar-refractivity contribution in [3.05, 3.63) is 17.6 Å². The summed E-state index contributed by atoms with van der Waals surface area (Å²) in [6.45, 7) is 7.09. The molecule has 4 rings (SSSR count). The summed E-state index contributed by atoms with van der Waals surface area (Å²) in [7, 11) is -2.01. The van der Waals surface area contributed by atoms with E-state index in [1.807, 2.05) is 14.0 Å². The Morgan fingerprint density at radius 1 is 1.41 bits per heavy atom. The second-order valence-electron chi connectivity index (χ2n) is 7.09. The van der Waals surface area contributed by atoms with Crippen LogP contribution in [-0.2, 0) is 28.4 Å². The maximum atomic E-state index is 12.9. The highest BCUT2D eigenvalue weighted by Crippen LogP contribution is 2.37. The Morgan fingerprint density at radius 3 is 2.93 bits per heavy atom. The number of rotatable bonds is 4. The molecule has 0 aromatic carbocycles. The monoisotopic (exact) mass is 396 g/mol. The molecule has 2 N–H and O–H groups in total. The van der Waals surface area contributed by atoms with Crippen LogP contribution in [0.4, 0.5) is 5.69 Å². The topological polar surface area (TPSA) is 112 Å². The molecule has 2 aromatic rings. The third-order valence-electron chi connectivity index (χ3n) is 4.73. The normalized spacial score (nSPS) is 22.1. The van der Waals surface area contributed by atoms with Gasteiger partial charge in [0.2, 0.25) is 5.88 Å². The fourth-order valence-electron chi connectivity index (χ4n) is 3.58. The summed E-state index contributed by atoms with van der Waals surface area (Å²) in [5.74, 6) is 0.486. The van der Waals surface area contributed by atoms with Gasteiger partial charge in [0.1, 0.15) is 11.8 Å². The van der Waals surface area contributed by atoms with Gasteiger partial charge in [-0.15, -0.1) is 0 Å². The van der Waals surface area contributed by atoms with Gasteiger partial charge in [-0.2, -0.15) is 14.9 Å². The summed E-state index contributed by atoms with van der Waals surface area (Å²) in [5, 5.41) is 11.7. The number of sulfonamides is 1. The second kappa shape index (κ2) is 6.50. The number of nitrogens with zero attached hydrogens (tertiary/aromatic N) is 4. The van der Waals surface area contributed by atoms with Crippen LogP contribution in [0, 0.1) is 0 Å². The van der Waals surface area contributed by atoms with E-state index >= 15 is 0 Å². The van der Waals surface area contributed by atoms with Crippen molar-refractivity contribution in [3.63, 3.8) is 0 Å². The lowest BCUT2D eigenvalue weighted by atomic mass is 10.1. The van der Waals surface area contributed by atoms with Gasteiger partial charge in [0.15, 0.2) is 11.2 Å². The third-order valence-corrected chi connectivity index (χ3v) is 6.11. The number of anilines is 1. The second-order valence-corrected chi connectivity index (χ2v) is 8.77. The molecule has 0 aliphatic carbocycles. The standard InChI is InChI=1S/C16H24N6O4S/c1-9(2)14-13-12(19-21(14)4)10(3)26-16(18-13)20-27(23,24)11-8-17-22-6-5-7-25-15(11)22/h8-10,16,18,20H,5-7H2,1-4H3. The first-order chi connectivity index (χ1) is 12.8. The van der Waals surface area contributed by atoms with Crippen molar-refractivity contribution in [2.24, 2.45) is 7.05 Å². The lowest BCUT2D eigenvalue weighted by Gasteiger charge is -2.30. The summed E-state index contributed by atoms with van der Waals surface area (Å²) in [6.07, 6.45) is 0.835. The molecule has 27 heavy (non-hydrogen) atoms. The van der Waals surface area contributed by atoms with E-state index in [4.69, 9.17) is 9.47 Å². The molecule has 11 heteroatoms. The quantitative estimate of drug-likeness (QED) is 0.801. The average Bonchev–Trinajstić information content (AvgIpc) is 3.15. The average molecular weight is 396 g/mol. The number of aryl methyl sites for hydroxylation is 2. The van der Waals surface area contributed by atoms with Crippen molar-refractivity contribution in [1.82, 2.24) is 24.3 Å². The molecule has 148 valence electrons. The molecule has 2 aliphatic rings. The van der Waals surface area contributed by atoms with Crippen LogP contribution in [0.3, 0.4) is 0 Å². The Hall–Kier alpha value is -2.11. The number of hydrogen-bond donors (Lipinski definition) is 2. The van der Waals surface area contributed by atoms with E-state index in [-0.39, 0.29) is 22.8 Å². The molecule has 0 saturated heterocycles. The maximum absolute atomic E-state index is 12.9. The van der Waals surface area contributed by atoms with Crippen molar-refractivity contribution in [1.29, 1.82) is 0 Å². The summed E-state index contributed by atoms with van der Waals surface area (Å²) in [6, 6.07) is 0. The summed E-state index contributed by atoms with van der Waals surface area (Å²) in [4.78, 5) is 0.0151.